The van der Waals surface area contributed by atoms with E-state index in [1.165, 1.54) is 0 Å². The molecular formula is C22H22BrN7O2. The molecule has 1 fully saturated rings. The van der Waals surface area contributed by atoms with Crippen LogP contribution in [0.3, 0.4) is 0 Å². The summed E-state index contributed by atoms with van der Waals surface area (Å²) in [4.78, 5) is 30.5. The SMILES string of the molecule is O=C(NCCNc1ccc(Nc2cccnc2)nn1)[C@H]1CC(=O)N(c2cccc(Br)c2)C1. The van der Waals surface area contributed by atoms with Gasteiger partial charge in [0.2, 0.25) is 11.8 Å². The van der Waals surface area contributed by atoms with E-state index in [1.807, 2.05) is 42.5 Å². The molecular weight excluding hydrogens is 474 g/mol. The molecule has 3 aromatic rings. The number of hydrogen-bond acceptors (Lipinski definition) is 7. The summed E-state index contributed by atoms with van der Waals surface area (Å²) in [7, 11) is 0. The maximum atomic E-state index is 12.5. The number of amides is 2. The first-order valence-corrected chi connectivity index (χ1v) is 11.0. The molecule has 0 aliphatic carbocycles. The summed E-state index contributed by atoms with van der Waals surface area (Å²) in [5.74, 6) is 0.682. The van der Waals surface area contributed by atoms with Crippen LogP contribution in [0.4, 0.5) is 23.0 Å². The van der Waals surface area contributed by atoms with Gasteiger partial charge >= 0.3 is 0 Å². The van der Waals surface area contributed by atoms with Crippen LogP contribution in [0.25, 0.3) is 0 Å². The van der Waals surface area contributed by atoms with Crippen molar-refractivity contribution in [1.82, 2.24) is 20.5 Å². The fourth-order valence-electron chi connectivity index (χ4n) is 3.38. The molecule has 1 atom stereocenters. The minimum atomic E-state index is -0.362. The molecule has 3 N–H and O–H groups in total. The molecule has 1 aromatic carbocycles. The molecule has 1 aliphatic heterocycles. The van der Waals surface area contributed by atoms with Crippen LogP contribution < -0.4 is 20.9 Å². The molecule has 0 spiro atoms. The molecule has 32 heavy (non-hydrogen) atoms. The number of carbonyl (C=O) groups is 2. The Kier molecular flexibility index (Phi) is 6.90. The summed E-state index contributed by atoms with van der Waals surface area (Å²) in [5, 5.41) is 17.4. The number of nitrogens with one attached hydrogen (secondary N) is 3. The summed E-state index contributed by atoms with van der Waals surface area (Å²) in [6.45, 7) is 1.29. The molecule has 164 valence electrons. The molecule has 0 radical (unpaired) electrons. The van der Waals surface area contributed by atoms with Gasteiger partial charge in [0, 0.05) is 42.4 Å². The maximum Gasteiger partial charge on any atom is 0.227 e. The van der Waals surface area contributed by atoms with E-state index in [4.69, 9.17) is 0 Å². The minimum Gasteiger partial charge on any atom is -0.367 e. The van der Waals surface area contributed by atoms with Gasteiger partial charge in [-0.1, -0.05) is 22.0 Å². The smallest absolute Gasteiger partial charge is 0.227 e. The fourth-order valence-corrected chi connectivity index (χ4v) is 3.76. The highest BCUT2D eigenvalue weighted by atomic mass is 79.9. The van der Waals surface area contributed by atoms with Crippen molar-refractivity contribution in [3.8, 4) is 0 Å². The lowest BCUT2D eigenvalue weighted by atomic mass is 10.1. The van der Waals surface area contributed by atoms with Gasteiger partial charge < -0.3 is 20.9 Å². The van der Waals surface area contributed by atoms with Gasteiger partial charge in [0.05, 0.1) is 17.8 Å². The third kappa shape index (κ3) is 5.58. The Morgan fingerprint density at radius 1 is 1.09 bits per heavy atom. The molecule has 0 unspecified atom stereocenters. The highest BCUT2D eigenvalue weighted by Gasteiger charge is 2.34. The first kappa shape index (κ1) is 21.7. The molecule has 2 amide bonds. The number of rotatable bonds is 8. The fraction of sp³-hybridized carbons (Fsp3) is 0.227. The molecule has 2 aromatic heterocycles. The average Bonchev–Trinajstić information content (AvgIpc) is 3.20. The molecule has 3 heterocycles. The summed E-state index contributed by atoms with van der Waals surface area (Å²) in [5.41, 5.74) is 1.62. The van der Waals surface area contributed by atoms with E-state index in [-0.39, 0.29) is 24.2 Å². The van der Waals surface area contributed by atoms with E-state index in [0.29, 0.717) is 31.3 Å². The number of benzene rings is 1. The van der Waals surface area contributed by atoms with Gasteiger partial charge in [-0.15, -0.1) is 10.2 Å². The second kappa shape index (κ2) is 10.2. The molecule has 10 heteroatoms. The number of anilines is 4. The quantitative estimate of drug-likeness (QED) is 0.411. The number of pyridine rings is 1. The highest BCUT2D eigenvalue weighted by Crippen LogP contribution is 2.27. The lowest BCUT2D eigenvalue weighted by Crippen LogP contribution is -2.35. The summed E-state index contributed by atoms with van der Waals surface area (Å²) < 4.78 is 0.894. The summed E-state index contributed by atoms with van der Waals surface area (Å²) >= 11 is 3.41. The van der Waals surface area contributed by atoms with Gasteiger partial charge in [0.1, 0.15) is 5.82 Å². The van der Waals surface area contributed by atoms with Crippen LogP contribution >= 0.6 is 15.9 Å². The predicted octanol–water partition coefficient (Wildman–Crippen LogP) is 2.96. The van der Waals surface area contributed by atoms with Crippen LogP contribution in [0, 0.1) is 5.92 Å². The van der Waals surface area contributed by atoms with Crippen LogP contribution in [-0.4, -0.2) is 46.6 Å². The van der Waals surface area contributed by atoms with Crippen LogP contribution in [0.2, 0.25) is 0 Å². The van der Waals surface area contributed by atoms with Crippen molar-refractivity contribution < 1.29 is 9.59 Å². The van der Waals surface area contributed by atoms with Gasteiger partial charge in [0.25, 0.3) is 0 Å². The first-order valence-electron chi connectivity index (χ1n) is 10.2. The molecule has 9 nitrogen and oxygen atoms in total. The predicted molar refractivity (Wildman–Crippen MR) is 126 cm³/mol. The van der Waals surface area contributed by atoms with E-state index < -0.39 is 0 Å². The number of halogens is 1. The molecule has 4 rings (SSSR count). The maximum absolute atomic E-state index is 12.5. The second-order valence-corrected chi connectivity index (χ2v) is 8.19. The van der Waals surface area contributed by atoms with Crippen molar-refractivity contribution in [3.05, 3.63) is 65.4 Å². The van der Waals surface area contributed by atoms with Gasteiger partial charge in [-0.25, -0.2) is 0 Å². The number of carbonyl (C=O) groups excluding carboxylic acids is 2. The van der Waals surface area contributed by atoms with Crippen molar-refractivity contribution in [1.29, 1.82) is 0 Å². The monoisotopic (exact) mass is 495 g/mol. The van der Waals surface area contributed by atoms with E-state index in [1.54, 1.807) is 23.4 Å². The van der Waals surface area contributed by atoms with E-state index in [9.17, 15) is 9.59 Å². The van der Waals surface area contributed by atoms with Crippen LogP contribution in [-0.2, 0) is 9.59 Å². The van der Waals surface area contributed by atoms with E-state index in [0.717, 1.165) is 15.8 Å². The molecule has 1 aliphatic rings. The Labute approximate surface area is 193 Å². The third-order valence-corrected chi connectivity index (χ3v) is 5.44. The molecule has 0 saturated carbocycles. The Hall–Kier alpha value is -3.53. The van der Waals surface area contributed by atoms with Crippen molar-refractivity contribution in [2.24, 2.45) is 5.92 Å². The molecule has 1 saturated heterocycles. The first-order chi connectivity index (χ1) is 15.6. The van der Waals surface area contributed by atoms with Crippen LogP contribution in [0.1, 0.15) is 6.42 Å². The van der Waals surface area contributed by atoms with Crippen LogP contribution in [0.5, 0.6) is 0 Å². The third-order valence-electron chi connectivity index (χ3n) is 4.94. The Morgan fingerprint density at radius 3 is 2.69 bits per heavy atom. The number of aromatic nitrogens is 3. The van der Waals surface area contributed by atoms with Crippen molar-refractivity contribution in [2.75, 3.05) is 35.2 Å². The average molecular weight is 496 g/mol. The number of hydrogen-bond donors (Lipinski definition) is 3. The topological polar surface area (TPSA) is 112 Å². The van der Waals surface area contributed by atoms with Crippen molar-refractivity contribution in [3.63, 3.8) is 0 Å². The van der Waals surface area contributed by atoms with Crippen molar-refractivity contribution >= 4 is 50.8 Å². The van der Waals surface area contributed by atoms with Gasteiger partial charge in [-0.3, -0.25) is 14.6 Å². The zero-order valence-electron chi connectivity index (χ0n) is 17.2. The lowest BCUT2D eigenvalue weighted by molar-refractivity contribution is -0.126. The normalized spacial score (nSPS) is 15.5. The van der Waals surface area contributed by atoms with E-state index >= 15 is 0 Å². The highest BCUT2D eigenvalue weighted by molar-refractivity contribution is 9.10. The largest absolute Gasteiger partial charge is 0.367 e. The van der Waals surface area contributed by atoms with Crippen molar-refractivity contribution in [2.45, 2.75) is 6.42 Å². The molecule has 0 bridgehead atoms. The Morgan fingerprint density at radius 2 is 1.94 bits per heavy atom. The Balaban J connectivity index is 1.20. The van der Waals surface area contributed by atoms with Gasteiger partial charge in [0.15, 0.2) is 5.82 Å². The minimum absolute atomic E-state index is 0.0448. The second-order valence-electron chi connectivity index (χ2n) is 7.27. The van der Waals surface area contributed by atoms with Crippen LogP contribution in [0.15, 0.2) is 65.4 Å². The lowest BCUT2D eigenvalue weighted by Gasteiger charge is -2.17. The summed E-state index contributed by atoms with van der Waals surface area (Å²) in [6.07, 6.45) is 3.61. The van der Waals surface area contributed by atoms with Gasteiger partial charge in [-0.2, -0.15) is 0 Å². The van der Waals surface area contributed by atoms with E-state index in [2.05, 4.69) is 47.1 Å². The zero-order valence-corrected chi connectivity index (χ0v) is 18.7. The van der Waals surface area contributed by atoms with Gasteiger partial charge in [-0.05, 0) is 42.5 Å². The number of nitrogens with zero attached hydrogens (tertiary/aromatic N) is 4. The summed E-state index contributed by atoms with van der Waals surface area (Å²) in [6, 6.07) is 14.8. The standard InChI is InChI=1S/C22H22BrN7O2/c23-16-3-1-5-18(12-16)30-14-15(11-21(30)31)22(32)26-10-9-25-19-6-7-20(29-28-19)27-17-4-2-8-24-13-17/h1-8,12-13,15H,9-11,14H2,(H,25,28)(H,26,32)(H,27,29)/t15-/m0/s1. The zero-order chi connectivity index (χ0) is 22.3. The Bertz CT molecular complexity index is 1080.